The molecular formula is C14H12O4. The fourth-order valence-corrected chi connectivity index (χ4v) is 1.77. The summed E-state index contributed by atoms with van der Waals surface area (Å²) in [5.41, 5.74) is 1.66. The van der Waals surface area contributed by atoms with Gasteiger partial charge in [-0.1, -0.05) is 18.2 Å². The number of para-hydroxylation sites is 1. The Morgan fingerprint density at radius 1 is 1.28 bits per heavy atom. The summed E-state index contributed by atoms with van der Waals surface area (Å²) in [6, 6.07) is 7.53. The number of rotatable bonds is 4. The number of hydrogen-bond acceptors (Lipinski definition) is 3. The minimum atomic E-state index is -1.13. The highest BCUT2D eigenvalue weighted by molar-refractivity contribution is 5.97. The zero-order valence-corrected chi connectivity index (χ0v) is 9.84. The van der Waals surface area contributed by atoms with Crippen LogP contribution in [0.15, 0.2) is 40.8 Å². The molecule has 18 heavy (non-hydrogen) atoms. The lowest BCUT2D eigenvalue weighted by molar-refractivity contribution is -0.131. The molecule has 0 saturated carbocycles. The first-order valence-corrected chi connectivity index (χ1v) is 5.49. The van der Waals surface area contributed by atoms with Crippen molar-refractivity contribution < 1.29 is 19.1 Å². The monoisotopic (exact) mass is 244 g/mol. The van der Waals surface area contributed by atoms with Crippen molar-refractivity contribution in [2.24, 2.45) is 0 Å². The van der Waals surface area contributed by atoms with Crippen LogP contribution < -0.4 is 0 Å². The van der Waals surface area contributed by atoms with E-state index in [1.807, 2.05) is 31.2 Å². The number of hydrogen-bond donors (Lipinski definition) is 1. The lowest BCUT2D eigenvalue weighted by Gasteiger charge is -1.93. The minimum absolute atomic E-state index is 0.0737. The lowest BCUT2D eigenvalue weighted by Crippen LogP contribution is -2.00. The summed E-state index contributed by atoms with van der Waals surface area (Å²) < 4.78 is 5.57. The normalized spacial score (nSPS) is 11.2. The molecule has 4 nitrogen and oxygen atoms in total. The molecule has 1 aromatic carbocycles. The van der Waals surface area contributed by atoms with E-state index in [-0.39, 0.29) is 12.2 Å². The molecule has 0 unspecified atom stereocenters. The molecule has 4 heteroatoms. The Hall–Kier alpha value is -2.36. The van der Waals surface area contributed by atoms with Gasteiger partial charge in [-0.15, -0.1) is 0 Å². The summed E-state index contributed by atoms with van der Waals surface area (Å²) in [6.45, 7) is 1.88. The van der Waals surface area contributed by atoms with Gasteiger partial charge in [-0.3, -0.25) is 4.79 Å². The van der Waals surface area contributed by atoms with Gasteiger partial charge >= 0.3 is 5.97 Å². The third kappa shape index (κ3) is 2.48. The number of ketones is 1. The Morgan fingerprint density at radius 2 is 2.00 bits per heavy atom. The van der Waals surface area contributed by atoms with E-state index < -0.39 is 5.97 Å². The van der Waals surface area contributed by atoms with Crippen molar-refractivity contribution in [1.82, 2.24) is 0 Å². The van der Waals surface area contributed by atoms with Gasteiger partial charge in [-0.05, 0) is 24.6 Å². The van der Waals surface area contributed by atoms with Gasteiger partial charge < -0.3 is 9.52 Å². The van der Waals surface area contributed by atoms with Crippen LogP contribution in [0.4, 0.5) is 0 Å². The number of carbonyl (C=O) groups excluding carboxylic acids is 1. The first kappa shape index (κ1) is 12.1. The predicted molar refractivity (Wildman–Crippen MR) is 66.4 cm³/mol. The Kier molecular flexibility index (Phi) is 3.28. The van der Waals surface area contributed by atoms with Crippen molar-refractivity contribution in [2.75, 3.05) is 0 Å². The highest BCUT2D eigenvalue weighted by atomic mass is 16.4. The molecule has 0 aliphatic heterocycles. The number of carbonyl (C=O) groups is 2. The molecule has 2 rings (SSSR count). The lowest BCUT2D eigenvalue weighted by atomic mass is 10.1. The molecule has 0 fully saturated rings. The second-order valence-corrected chi connectivity index (χ2v) is 3.96. The molecule has 0 radical (unpaired) electrons. The van der Waals surface area contributed by atoms with Gasteiger partial charge in [0, 0.05) is 11.5 Å². The van der Waals surface area contributed by atoms with Crippen LogP contribution in [0, 0.1) is 6.92 Å². The van der Waals surface area contributed by atoms with Crippen LogP contribution >= 0.6 is 0 Å². The van der Waals surface area contributed by atoms with Gasteiger partial charge in [-0.25, -0.2) is 4.79 Å². The van der Waals surface area contributed by atoms with Crippen LogP contribution in [-0.4, -0.2) is 16.9 Å². The molecule has 0 aliphatic rings. The van der Waals surface area contributed by atoms with Crippen LogP contribution in [0.25, 0.3) is 11.0 Å². The van der Waals surface area contributed by atoms with Crippen molar-refractivity contribution in [3.8, 4) is 0 Å². The molecule has 1 aromatic heterocycles. The number of aryl methyl sites for hydroxylation is 1. The summed E-state index contributed by atoms with van der Waals surface area (Å²) >= 11 is 0. The number of carboxylic acids is 1. The third-order valence-corrected chi connectivity index (χ3v) is 2.69. The van der Waals surface area contributed by atoms with Gasteiger partial charge in [0.05, 0.1) is 6.42 Å². The minimum Gasteiger partial charge on any atom is -0.478 e. The van der Waals surface area contributed by atoms with Crippen LogP contribution in [0.5, 0.6) is 0 Å². The SMILES string of the molecule is Cc1c(CC(=O)/C=C/C(=O)O)oc2ccccc12. The van der Waals surface area contributed by atoms with Gasteiger partial charge in [-0.2, -0.15) is 0 Å². The topological polar surface area (TPSA) is 67.5 Å². The Morgan fingerprint density at radius 3 is 2.67 bits per heavy atom. The molecule has 0 atom stereocenters. The summed E-state index contributed by atoms with van der Waals surface area (Å²) in [4.78, 5) is 21.8. The van der Waals surface area contributed by atoms with E-state index in [1.165, 1.54) is 0 Å². The van der Waals surface area contributed by atoms with Gasteiger partial charge in [0.1, 0.15) is 11.3 Å². The van der Waals surface area contributed by atoms with E-state index in [4.69, 9.17) is 9.52 Å². The second-order valence-electron chi connectivity index (χ2n) is 3.96. The molecule has 0 aliphatic carbocycles. The van der Waals surface area contributed by atoms with E-state index in [0.717, 1.165) is 28.7 Å². The smallest absolute Gasteiger partial charge is 0.328 e. The molecule has 92 valence electrons. The zero-order chi connectivity index (χ0) is 13.1. The highest BCUT2D eigenvalue weighted by Gasteiger charge is 2.12. The number of fused-ring (bicyclic) bond motifs is 1. The zero-order valence-electron chi connectivity index (χ0n) is 9.84. The number of benzene rings is 1. The van der Waals surface area contributed by atoms with Crippen molar-refractivity contribution >= 4 is 22.7 Å². The molecule has 1 N–H and O–H groups in total. The number of furan rings is 1. The fourth-order valence-electron chi connectivity index (χ4n) is 1.77. The Bertz CT molecular complexity index is 634. The molecular weight excluding hydrogens is 232 g/mol. The van der Waals surface area contributed by atoms with E-state index in [9.17, 15) is 9.59 Å². The summed E-state index contributed by atoms with van der Waals surface area (Å²) in [7, 11) is 0. The van der Waals surface area contributed by atoms with Crippen LogP contribution in [0.1, 0.15) is 11.3 Å². The van der Waals surface area contributed by atoms with Crippen molar-refractivity contribution in [3.05, 3.63) is 47.7 Å². The van der Waals surface area contributed by atoms with E-state index in [2.05, 4.69) is 0 Å². The second kappa shape index (κ2) is 4.87. The first-order chi connectivity index (χ1) is 8.58. The number of allylic oxidation sites excluding steroid dienone is 1. The number of carboxylic acid groups (broad SMARTS) is 1. The van der Waals surface area contributed by atoms with E-state index >= 15 is 0 Å². The molecule has 0 saturated heterocycles. The Balaban J connectivity index is 2.24. The van der Waals surface area contributed by atoms with Gasteiger partial charge in [0.25, 0.3) is 0 Å². The quantitative estimate of drug-likeness (QED) is 0.839. The summed E-state index contributed by atoms with van der Waals surface area (Å²) in [6.07, 6.45) is 1.96. The highest BCUT2D eigenvalue weighted by Crippen LogP contribution is 2.25. The molecule has 0 bridgehead atoms. The summed E-state index contributed by atoms with van der Waals surface area (Å²) in [5, 5.41) is 9.41. The van der Waals surface area contributed by atoms with Gasteiger partial charge in [0.2, 0.25) is 0 Å². The van der Waals surface area contributed by atoms with Crippen LogP contribution in [-0.2, 0) is 16.0 Å². The van der Waals surface area contributed by atoms with E-state index in [0.29, 0.717) is 5.76 Å². The fraction of sp³-hybridized carbons (Fsp3) is 0.143. The molecule has 1 heterocycles. The van der Waals surface area contributed by atoms with Crippen LogP contribution in [0.2, 0.25) is 0 Å². The largest absolute Gasteiger partial charge is 0.478 e. The first-order valence-electron chi connectivity index (χ1n) is 5.49. The standard InChI is InChI=1S/C14H12O4/c1-9-11-4-2-3-5-12(11)18-13(9)8-10(15)6-7-14(16)17/h2-7H,8H2,1H3,(H,16,17)/b7-6+. The average Bonchev–Trinajstić information content (AvgIpc) is 2.65. The van der Waals surface area contributed by atoms with Crippen molar-refractivity contribution in [2.45, 2.75) is 13.3 Å². The van der Waals surface area contributed by atoms with Gasteiger partial charge in [0.15, 0.2) is 5.78 Å². The maximum Gasteiger partial charge on any atom is 0.328 e. The predicted octanol–water partition coefficient (Wildman–Crippen LogP) is 2.49. The molecule has 0 spiro atoms. The maximum atomic E-state index is 11.5. The molecule has 0 amide bonds. The van der Waals surface area contributed by atoms with Crippen LogP contribution in [0.3, 0.4) is 0 Å². The maximum absolute atomic E-state index is 11.5. The third-order valence-electron chi connectivity index (χ3n) is 2.69. The average molecular weight is 244 g/mol. The van der Waals surface area contributed by atoms with Crippen molar-refractivity contribution in [1.29, 1.82) is 0 Å². The Labute approximate surface area is 104 Å². The van der Waals surface area contributed by atoms with Crippen molar-refractivity contribution in [3.63, 3.8) is 0 Å². The number of aliphatic carboxylic acids is 1. The molecule has 2 aromatic rings. The summed E-state index contributed by atoms with van der Waals surface area (Å²) in [5.74, 6) is -0.847. The van der Waals surface area contributed by atoms with E-state index in [1.54, 1.807) is 0 Å².